The zero-order valence-corrected chi connectivity index (χ0v) is 7.74. The van der Waals surface area contributed by atoms with Crippen LogP contribution >= 0.6 is 0 Å². The summed E-state index contributed by atoms with van der Waals surface area (Å²) in [6.07, 6.45) is 3.81. The molecule has 0 radical (unpaired) electrons. The summed E-state index contributed by atoms with van der Waals surface area (Å²) in [5.41, 5.74) is 7.66. The minimum Gasteiger partial charge on any atom is -0.393 e. The van der Waals surface area contributed by atoms with Crippen molar-refractivity contribution < 1.29 is 5.11 Å². The number of rotatable bonds is 2. The Morgan fingerprint density at radius 1 is 1.54 bits per heavy atom. The normalized spacial score (nSPS) is 30.2. The standard InChI is InChI=1S/C8H18N4O/c9-8(12-10)11-5-6-2-1-3-7(13)4-6/h6-7,13H,1-5,10H2,(H3,9,11,12). The Kier molecular flexibility index (Phi) is 3.98. The summed E-state index contributed by atoms with van der Waals surface area (Å²) in [6, 6.07) is 0. The molecule has 6 N–H and O–H groups in total. The van der Waals surface area contributed by atoms with E-state index in [1.54, 1.807) is 0 Å². The summed E-state index contributed by atoms with van der Waals surface area (Å²) in [5, 5.41) is 9.38. The van der Waals surface area contributed by atoms with Crippen LogP contribution in [0.3, 0.4) is 0 Å². The van der Waals surface area contributed by atoms with Gasteiger partial charge in [-0.2, -0.15) is 0 Å². The van der Waals surface area contributed by atoms with E-state index < -0.39 is 0 Å². The number of aliphatic hydroxyl groups is 1. The van der Waals surface area contributed by atoms with E-state index in [9.17, 15) is 5.11 Å². The quantitative estimate of drug-likeness (QED) is 0.199. The molecule has 5 nitrogen and oxygen atoms in total. The number of guanidine groups is 1. The van der Waals surface area contributed by atoms with Gasteiger partial charge >= 0.3 is 0 Å². The number of hydrazine groups is 1. The lowest BCUT2D eigenvalue weighted by Crippen LogP contribution is -2.37. The zero-order chi connectivity index (χ0) is 9.68. The van der Waals surface area contributed by atoms with Gasteiger partial charge in [0, 0.05) is 6.54 Å². The molecule has 0 amide bonds. The number of aliphatic hydroxyl groups excluding tert-OH is 1. The van der Waals surface area contributed by atoms with Crippen LogP contribution in [-0.4, -0.2) is 23.7 Å². The van der Waals surface area contributed by atoms with Gasteiger partial charge in [-0.1, -0.05) is 6.42 Å². The predicted octanol–water partition coefficient (Wildman–Crippen LogP) is -0.685. The van der Waals surface area contributed by atoms with Gasteiger partial charge in [0.05, 0.1) is 6.10 Å². The molecule has 0 saturated heterocycles. The zero-order valence-electron chi connectivity index (χ0n) is 7.74. The molecule has 0 aromatic heterocycles. The third-order valence-corrected chi connectivity index (χ3v) is 2.42. The first-order chi connectivity index (χ1) is 6.22. The molecule has 1 aliphatic carbocycles. The number of nitrogens with two attached hydrogens (primary N) is 2. The van der Waals surface area contributed by atoms with Crippen molar-refractivity contribution in [2.24, 2.45) is 22.5 Å². The van der Waals surface area contributed by atoms with Crippen molar-refractivity contribution >= 4 is 5.96 Å². The van der Waals surface area contributed by atoms with Crippen LogP contribution in [0.15, 0.2) is 4.99 Å². The number of aliphatic imine (C=N–C) groups is 1. The second kappa shape index (κ2) is 5.04. The highest BCUT2D eigenvalue weighted by Gasteiger charge is 2.19. The summed E-state index contributed by atoms with van der Waals surface area (Å²) < 4.78 is 0. The van der Waals surface area contributed by atoms with Crippen LogP contribution in [0.4, 0.5) is 0 Å². The van der Waals surface area contributed by atoms with Gasteiger partial charge in [0.1, 0.15) is 0 Å². The van der Waals surface area contributed by atoms with Crippen molar-refractivity contribution in [2.75, 3.05) is 6.54 Å². The fraction of sp³-hybridized carbons (Fsp3) is 0.875. The molecule has 2 atom stereocenters. The smallest absolute Gasteiger partial charge is 0.203 e. The first-order valence-corrected chi connectivity index (χ1v) is 4.67. The Morgan fingerprint density at radius 2 is 2.31 bits per heavy atom. The summed E-state index contributed by atoms with van der Waals surface area (Å²) in [4.78, 5) is 4.05. The van der Waals surface area contributed by atoms with E-state index in [2.05, 4.69) is 10.4 Å². The fourth-order valence-electron chi connectivity index (χ4n) is 1.70. The van der Waals surface area contributed by atoms with E-state index in [0.717, 1.165) is 25.7 Å². The van der Waals surface area contributed by atoms with E-state index in [1.165, 1.54) is 0 Å². The largest absolute Gasteiger partial charge is 0.393 e. The maximum atomic E-state index is 9.38. The lowest BCUT2D eigenvalue weighted by molar-refractivity contribution is 0.103. The monoisotopic (exact) mass is 186 g/mol. The van der Waals surface area contributed by atoms with E-state index in [-0.39, 0.29) is 12.1 Å². The van der Waals surface area contributed by atoms with Gasteiger partial charge in [0.2, 0.25) is 5.96 Å². The Balaban J connectivity index is 2.28. The lowest BCUT2D eigenvalue weighted by Gasteiger charge is -2.24. The van der Waals surface area contributed by atoms with Crippen LogP contribution in [0.2, 0.25) is 0 Å². The molecule has 1 saturated carbocycles. The average Bonchev–Trinajstić information content (AvgIpc) is 2.14. The minimum atomic E-state index is -0.152. The topological polar surface area (TPSA) is 96.7 Å². The molecule has 0 aromatic rings. The van der Waals surface area contributed by atoms with Crippen molar-refractivity contribution in [2.45, 2.75) is 31.8 Å². The van der Waals surface area contributed by atoms with Gasteiger partial charge in [0.15, 0.2) is 0 Å². The Morgan fingerprint density at radius 3 is 2.92 bits per heavy atom. The predicted molar refractivity (Wildman–Crippen MR) is 51.8 cm³/mol. The van der Waals surface area contributed by atoms with Crippen molar-refractivity contribution in [3.8, 4) is 0 Å². The van der Waals surface area contributed by atoms with Gasteiger partial charge in [-0.3, -0.25) is 10.4 Å². The van der Waals surface area contributed by atoms with Crippen LogP contribution in [0, 0.1) is 5.92 Å². The van der Waals surface area contributed by atoms with Crippen LogP contribution in [0.1, 0.15) is 25.7 Å². The molecule has 1 fully saturated rings. The molecule has 0 bridgehead atoms. The average molecular weight is 186 g/mol. The Labute approximate surface area is 78.2 Å². The molecule has 5 heteroatoms. The molecule has 0 aliphatic heterocycles. The summed E-state index contributed by atoms with van der Waals surface area (Å²) in [5.74, 6) is 5.78. The molecule has 1 rings (SSSR count). The minimum absolute atomic E-state index is 0.152. The van der Waals surface area contributed by atoms with Gasteiger partial charge < -0.3 is 10.8 Å². The summed E-state index contributed by atoms with van der Waals surface area (Å²) in [6.45, 7) is 0.660. The fourth-order valence-corrected chi connectivity index (χ4v) is 1.70. The van der Waals surface area contributed by atoms with E-state index in [0.29, 0.717) is 12.5 Å². The van der Waals surface area contributed by atoms with Gasteiger partial charge in [-0.15, -0.1) is 0 Å². The maximum Gasteiger partial charge on any atom is 0.203 e. The number of hydrogen-bond donors (Lipinski definition) is 4. The van der Waals surface area contributed by atoms with Crippen LogP contribution in [0.25, 0.3) is 0 Å². The van der Waals surface area contributed by atoms with Crippen LogP contribution in [-0.2, 0) is 0 Å². The molecule has 2 unspecified atom stereocenters. The van der Waals surface area contributed by atoms with E-state index >= 15 is 0 Å². The summed E-state index contributed by atoms with van der Waals surface area (Å²) >= 11 is 0. The van der Waals surface area contributed by atoms with Gasteiger partial charge in [-0.05, 0) is 25.2 Å². The molecule has 0 spiro atoms. The highest BCUT2D eigenvalue weighted by Crippen LogP contribution is 2.24. The summed E-state index contributed by atoms with van der Waals surface area (Å²) in [7, 11) is 0. The first kappa shape index (κ1) is 10.3. The Bertz CT molecular complexity index is 183. The molecule has 0 aromatic carbocycles. The SMILES string of the molecule is NNC(N)=NCC1CCCC(O)C1. The Hall–Kier alpha value is -0.810. The van der Waals surface area contributed by atoms with E-state index in [1.807, 2.05) is 0 Å². The highest BCUT2D eigenvalue weighted by molar-refractivity contribution is 5.77. The van der Waals surface area contributed by atoms with Crippen LogP contribution < -0.4 is 17.0 Å². The third kappa shape index (κ3) is 3.61. The van der Waals surface area contributed by atoms with E-state index in [4.69, 9.17) is 11.6 Å². The number of nitrogens with one attached hydrogen (secondary N) is 1. The van der Waals surface area contributed by atoms with Crippen molar-refractivity contribution in [3.05, 3.63) is 0 Å². The molecular weight excluding hydrogens is 168 g/mol. The van der Waals surface area contributed by atoms with Crippen molar-refractivity contribution in [3.63, 3.8) is 0 Å². The maximum absolute atomic E-state index is 9.38. The van der Waals surface area contributed by atoms with Crippen LogP contribution in [0.5, 0.6) is 0 Å². The van der Waals surface area contributed by atoms with Crippen molar-refractivity contribution in [1.82, 2.24) is 5.43 Å². The molecule has 13 heavy (non-hydrogen) atoms. The molecule has 1 aliphatic rings. The second-order valence-corrected chi connectivity index (χ2v) is 3.56. The molecular formula is C8H18N4O. The number of hydrogen-bond acceptors (Lipinski definition) is 3. The van der Waals surface area contributed by atoms with Gasteiger partial charge in [-0.25, -0.2) is 5.84 Å². The number of nitrogens with zero attached hydrogens (tertiary/aromatic N) is 1. The van der Waals surface area contributed by atoms with Gasteiger partial charge in [0.25, 0.3) is 0 Å². The molecule has 0 heterocycles. The molecule has 76 valence electrons. The lowest BCUT2D eigenvalue weighted by atomic mass is 9.87. The van der Waals surface area contributed by atoms with Crippen molar-refractivity contribution in [1.29, 1.82) is 0 Å². The first-order valence-electron chi connectivity index (χ1n) is 4.67. The third-order valence-electron chi connectivity index (χ3n) is 2.42. The second-order valence-electron chi connectivity index (χ2n) is 3.56. The highest BCUT2D eigenvalue weighted by atomic mass is 16.3.